The lowest BCUT2D eigenvalue weighted by Crippen LogP contribution is -2.44. The van der Waals surface area contributed by atoms with Crippen molar-refractivity contribution in [1.29, 1.82) is 0 Å². The van der Waals surface area contributed by atoms with E-state index in [2.05, 4.69) is 60.3 Å². The van der Waals surface area contributed by atoms with Crippen LogP contribution in [-0.2, 0) is 6.42 Å². The van der Waals surface area contributed by atoms with Crippen LogP contribution in [0.25, 0.3) is 0 Å². The normalized spacial score (nSPS) is 26.9. The van der Waals surface area contributed by atoms with Crippen molar-refractivity contribution in [3.63, 3.8) is 0 Å². The van der Waals surface area contributed by atoms with Crippen LogP contribution in [-0.4, -0.2) is 35.1 Å². The van der Waals surface area contributed by atoms with Crippen molar-refractivity contribution in [3.05, 3.63) is 22.4 Å². The van der Waals surface area contributed by atoms with Gasteiger partial charge in [-0.15, -0.1) is 11.3 Å². The van der Waals surface area contributed by atoms with Crippen molar-refractivity contribution < 1.29 is 0 Å². The molecule has 2 heterocycles. The Hall–Kier alpha value is 0.360. The van der Waals surface area contributed by atoms with Gasteiger partial charge in [0.15, 0.2) is 0 Å². The maximum absolute atomic E-state index is 3.55. The van der Waals surface area contributed by atoms with E-state index in [0.717, 1.165) is 10.5 Å². The molecule has 0 spiro atoms. The average molecular weight is 288 g/mol. The molecule has 3 atom stereocenters. The summed E-state index contributed by atoms with van der Waals surface area (Å²) in [5.41, 5.74) is 0. The van der Waals surface area contributed by atoms with Crippen molar-refractivity contribution in [2.24, 2.45) is 0 Å². The molecule has 2 rings (SSSR count). The van der Waals surface area contributed by atoms with Gasteiger partial charge in [-0.05, 0) is 31.3 Å². The van der Waals surface area contributed by atoms with E-state index in [9.17, 15) is 0 Å². The van der Waals surface area contributed by atoms with Crippen LogP contribution in [0.2, 0.25) is 0 Å². The van der Waals surface area contributed by atoms with Crippen molar-refractivity contribution in [2.75, 3.05) is 18.6 Å². The van der Waals surface area contributed by atoms with Crippen LogP contribution in [0, 0.1) is 0 Å². The largest absolute Gasteiger partial charge is 0.315 e. The fourth-order valence-electron chi connectivity index (χ4n) is 2.34. The van der Waals surface area contributed by atoms with Crippen molar-refractivity contribution in [1.82, 2.24) is 5.32 Å². The summed E-state index contributed by atoms with van der Waals surface area (Å²) >= 11 is 6.23. The zero-order valence-corrected chi connectivity index (χ0v) is 13.0. The van der Waals surface area contributed by atoms with Crippen LogP contribution < -0.4 is 5.32 Å². The quantitative estimate of drug-likeness (QED) is 0.890. The van der Waals surface area contributed by atoms with Gasteiger partial charge in [0.1, 0.15) is 0 Å². The lowest BCUT2D eigenvalue weighted by molar-refractivity contribution is 0.520. The molecule has 3 unspecified atom stereocenters. The van der Waals surface area contributed by atoms with Crippen LogP contribution in [0.15, 0.2) is 17.5 Å². The van der Waals surface area contributed by atoms with E-state index in [4.69, 9.17) is 0 Å². The van der Waals surface area contributed by atoms with Gasteiger partial charge < -0.3 is 5.32 Å². The molecule has 0 aliphatic carbocycles. The molecule has 1 aliphatic heterocycles. The van der Waals surface area contributed by atoms with Crippen LogP contribution in [0.3, 0.4) is 0 Å². The first-order valence-electron chi connectivity index (χ1n) is 6.28. The van der Waals surface area contributed by atoms with Gasteiger partial charge in [0.2, 0.25) is 0 Å². The van der Waals surface area contributed by atoms with Crippen LogP contribution in [0.4, 0.5) is 0 Å². The highest BCUT2D eigenvalue weighted by molar-refractivity contribution is 8.07. The predicted molar refractivity (Wildman–Crippen MR) is 83.7 cm³/mol. The Morgan fingerprint density at radius 1 is 1.41 bits per heavy atom. The van der Waals surface area contributed by atoms with E-state index >= 15 is 0 Å². The minimum atomic E-state index is 0.622. The third-order valence-electron chi connectivity index (χ3n) is 3.26. The van der Waals surface area contributed by atoms with Crippen LogP contribution in [0.1, 0.15) is 18.2 Å². The molecule has 0 radical (unpaired) electrons. The number of hydrogen-bond acceptors (Lipinski definition) is 4. The Kier molecular flexibility index (Phi) is 5.74. The molecule has 0 saturated carbocycles. The van der Waals surface area contributed by atoms with E-state index in [1.165, 1.54) is 29.2 Å². The number of nitrogens with one attached hydrogen (secondary N) is 1. The summed E-state index contributed by atoms with van der Waals surface area (Å²) in [4.78, 5) is 1.51. The van der Waals surface area contributed by atoms with Gasteiger partial charge in [0, 0.05) is 32.9 Å². The molecule has 0 aromatic carbocycles. The molecule has 1 saturated heterocycles. The van der Waals surface area contributed by atoms with Gasteiger partial charge in [-0.3, -0.25) is 0 Å². The second kappa shape index (κ2) is 7.07. The summed E-state index contributed by atoms with van der Waals surface area (Å²) in [6.07, 6.45) is 2.48. The monoisotopic (exact) mass is 287 g/mol. The first kappa shape index (κ1) is 13.8. The number of thiophene rings is 1. The molecule has 0 bridgehead atoms. The Bertz CT molecular complexity index is 312. The zero-order chi connectivity index (χ0) is 12.1. The maximum Gasteiger partial charge on any atom is 0.0323 e. The summed E-state index contributed by atoms with van der Waals surface area (Å²) in [6.45, 7) is 2.33. The second-order valence-electron chi connectivity index (χ2n) is 4.33. The van der Waals surface area contributed by atoms with Gasteiger partial charge in [-0.2, -0.15) is 23.5 Å². The Morgan fingerprint density at radius 2 is 2.24 bits per heavy atom. The van der Waals surface area contributed by atoms with Gasteiger partial charge in [0.05, 0.1) is 0 Å². The Balaban J connectivity index is 2.00. The molecule has 1 N–H and O–H groups in total. The highest BCUT2D eigenvalue weighted by atomic mass is 32.2. The van der Waals surface area contributed by atoms with Crippen molar-refractivity contribution in [3.8, 4) is 0 Å². The lowest BCUT2D eigenvalue weighted by Gasteiger charge is -2.35. The van der Waals surface area contributed by atoms with Crippen LogP contribution in [0.5, 0.6) is 0 Å². The fraction of sp³-hybridized carbons (Fsp3) is 0.692. The van der Waals surface area contributed by atoms with E-state index in [-0.39, 0.29) is 0 Å². The summed E-state index contributed by atoms with van der Waals surface area (Å²) in [7, 11) is 2.12. The number of thioether (sulfide) groups is 2. The van der Waals surface area contributed by atoms with Crippen molar-refractivity contribution in [2.45, 2.75) is 36.3 Å². The van der Waals surface area contributed by atoms with Gasteiger partial charge in [0.25, 0.3) is 0 Å². The zero-order valence-electron chi connectivity index (χ0n) is 10.5. The summed E-state index contributed by atoms with van der Waals surface area (Å²) < 4.78 is 0. The minimum Gasteiger partial charge on any atom is -0.315 e. The van der Waals surface area contributed by atoms with Crippen molar-refractivity contribution >= 4 is 34.9 Å². The van der Waals surface area contributed by atoms with Gasteiger partial charge in [-0.1, -0.05) is 13.0 Å². The molecule has 96 valence electrons. The smallest absolute Gasteiger partial charge is 0.0323 e. The maximum atomic E-state index is 3.55. The van der Waals surface area contributed by atoms with Crippen LogP contribution >= 0.6 is 34.9 Å². The Labute approximate surface area is 117 Å². The number of rotatable bonds is 5. The summed E-state index contributed by atoms with van der Waals surface area (Å²) in [5, 5.41) is 7.32. The molecule has 1 aromatic rings. The SMILES string of the molecule is CCC1SCCSC1C(Cc1cccs1)NC. The first-order valence-corrected chi connectivity index (χ1v) is 9.25. The first-order chi connectivity index (χ1) is 8.35. The summed E-state index contributed by atoms with van der Waals surface area (Å²) in [6, 6.07) is 5.04. The predicted octanol–water partition coefficient (Wildman–Crippen LogP) is 3.51. The standard InChI is InChI=1S/C13H21NS3/c1-3-12-13(17-8-7-16-12)11(14-2)9-10-5-4-6-15-10/h4-6,11-14H,3,7-9H2,1-2H3. The number of hydrogen-bond donors (Lipinski definition) is 1. The van der Waals surface area contributed by atoms with Gasteiger partial charge in [-0.25, -0.2) is 0 Å². The third-order valence-corrected chi connectivity index (χ3v) is 7.57. The molecule has 1 fully saturated rings. The highest BCUT2D eigenvalue weighted by Gasteiger charge is 2.31. The second-order valence-corrected chi connectivity index (χ2v) is 8.00. The molecule has 1 nitrogen and oxygen atoms in total. The van der Waals surface area contributed by atoms with E-state index in [1.54, 1.807) is 0 Å². The van der Waals surface area contributed by atoms with E-state index in [0.29, 0.717) is 6.04 Å². The molecule has 0 amide bonds. The lowest BCUT2D eigenvalue weighted by atomic mass is 10.0. The average Bonchev–Trinajstić information content (AvgIpc) is 2.89. The minimum absolute atomic E-state index is 0.622. The molecule has 4 heteroatoms. The fourth-order valence-corrected chi connectivity index (χ4v) is 6.41. The molecule has 17 heavy (non-hydrogen) atoms. The Morgan fingerprint density at radius 3 is 2.88 bits per heavy atom. The van der Waals surface area contributed by atoms with E-state index < -0.39 is 0 Å². The number of likely N-dealkylation sites (N-methyl/N-ethyl adjacent to an activating group) is 1. The molecular weight excluding hydrogens is 266 g/mol. The molecule has 1 aromatic heterocycles. The topological polar surface area (TPSA) is 12.0 Å². The highest BCUT2D eigenvalue weighted by Crippen LogP contribution is 2.36. The van der Waals surface area contributed by atoms with Gasteiger partial charge >= 0.3 is 0 Å². The molecular formula is C13H21NS3. The third kappa shape index (κ3) is 3.66. The summed E-state index contributed by atoms with van der Waals surface area (Å²) in [5.74, 6) is 2.64. The molecule has 1 aliphatic rings. The van der Waals surface area contributed by atoms with E-state index in [1.807, 2.05) is 11.3 Å².